The number of aromatic nitrogens is 4. The van der Waals surface area contributed by atoms with Gasteiger partial charge in [-0.3, -0.25) is 0 Å². The summed E-state index contributed by atoms with van der Waals surface area (Å²) in [5, 5.41) is 14.1. The summed E-state index contributed by atoms with van der Waals surface area (Å²) in [6, 6.07) is 21.0. The molecule has 0 atom stereocenters. The van der Waals surface area contributed by atoms with Crippen molar-refractivity contribution in [3.63, 3.8) is 0 Å². The van der Waals surface area contributed by atoms with Gasteiger partial charge in [-0.15, -0.1) is 0 Å². The lowest BCUT2D eigenvalue weighted by Gasteiger charge is -2.10. The zero-order chi connectivity index (χ0) is 18.1. The summed E-state index contributed by atoms with van der Waals surface area (Å²) in [6.07, 6.45) is 0. The van der Waals surface area contributed by atoms with E-state index >= 15 is 0 Å². The molecular weight excluding hydrogens is 324 g/mol. The Morgan fingerprint density at radius 1 is 0.769 bits per heavy atom. The maximum atomic E-state index is 9.56. The van der Waals surface area contributed by atoms with Gasteiger partial charge in [0.15, 0.2) is 0 Å². The van der Waals surface area contributed by atoms with Crippen LogP contribution in [0.5, 0.6) is 5.75 Å². The van der Waals surface area contributed by atoms with E-state index in [2.05, 4.69) is 5.10 Å². The molecule has 0 aliphatic rings. The second-order valence-corrected chi connectivity index (χ2v) is 6.19. The average Bonchev–Trinajstić information content (AvgIpc) is 3.01. The van der Waals surface area contributed by atoms with Gasteiger partial charge in [-0.25, -0.2) is 14.6 Å². The number of phenols is 1. The summed E-state index contributed by atoms with van der Waals surface area (Å²) < 4.78 is 1.76. The number of phenolic OH excluding ortho intramolecular Hbond substituents is 1. The molecule has 4 rings (SSSR count). The topological polar surface area (TPSA) is 63.8 Å². The van der Waals surface area contributed by atoms with Crippen molar-refractivity contribution in [1.29, 1.82) is 0 Å². The van der Waals surface area contributed by atoms with Crippen LogP contribution in [0.2, 0.25) is 0 Å². The van der Waals surface area contributed by atoms with Crippen LogP contribution >= 0.6 is 0 Å². The Kier molecular flexibility index (Phi) is 3.97. The van der Waals surface area contributed by atoms with Gasteiger partial charge in [0.05, 0.1) is 17.1 Å². The van der Waals surface area contributed by atoms with Crippen molar-refractivity contribution in [2.75, 3.05) is 0 Å². The van der Waals surface area contributed by atoms with Crippen LogP contribution in [0.4, 0.5) is 0 Å². The molecule has 2 aromatic heterocycles. The third kappa shape index (κ3) is 3.07. The van der Waals surface area contributed by atoms with Crippen LogP contribution in [-0.4, -0.2) is 24.9 Å². The van der Waals surface area contributed by atoms with Crippen molar-refractivity contribution in [3.8, 4) is 34.2 Å². The number of rotatable bonds is 3. The molecule has 0 saturated carbocycles. The van der Waals surface area contributed by atoms with Crippen LogP contribution in [0.15, 0.2) is 66.7 Å². The van der Waals surface area contributed by atoms with Gasteiger partial charge in [0.1, 0.15) is 5.75 Å². The molecule has 128 valence electrons. The first kappa shape index (κ1) is 16.0. The number of aromatic hydroxyl groups is 1. The molecule has 5 nitrogen and oxygen atoms in total. The monoisotopic (exact) mass is 342 g/mol. The van der Waals surface area contributed by atoms with Crippen molar-refractivity contribution in [3.05, 3.63) is 78.1 Å². The predicted molar refractivity (Wildman–Crippen MR) is 101 cm³/mol. The van der Waals surface area contributed by atoms with Crippen molar-refractivity contribution < 1.29 is 5.11 Å². The first-order valence-electron chi connectivity index (χ1n) is 8.38. The van der Waals surface area contributed by atoms with Crippen molar-refractivity contribution >= 4 is 0 Å². The van der Waals surface area contributed by atoms with Crippen LogP contribution in [0, 0.1) is 13.8 Å². The summed E-state index contributed by atoms with van der Waals surface area (Å²) >= 11 is 0. The molecular formula is C21H18N4O. The van der Waals surface area contributed by atoms with Crippen molar-refractivity contribution in [2.24, 2.45) is 0 Å². The molecule has 0 spiro atoms. The van der Waals surface area contributed by atoms with E-state index in [1.54, 1.807) is 16.8 Å². The quantitative estimate of drug-likeness (QED) is 0.602. The highest BCUT2D eigenvalue weighted by atomic mass is 16.3. The molecule has 0 bridgehead atoms. The van der Waals surface area contributed by atoms with Crippen LogP contribution in [-0.2, 0) is 0 Å². The smallest absolute Gasteiger partial charge is 0.251 e. The normalized spacial score (nSPS) is 10.8. The fraction of sp³-hybridized carbons (Fsp3) is 0.0952. The predicted octanol–water partition coefficient (Wildman–Crippen LogP) is 4.32. The van der Waals surface area contributed by atoms with Crippen LogP contribution in [0.25, 0.3) is 28.5 Å². The summed E-state index contributed by atoms with van der Waals surface area (Å²) in [7, 11) is 0. The largest absolute Gasteiger partial charge is 0.508 e. The van der Waals surface area contributed by atoms with E-state index < -0.39 is 0 Å². The molecule has 4 aromatic rings. The first-order valence-corrected chi connectivity index (χ1v) is 8.38. The van der Waals surface area contributed by atoms with E-state index in [0.29, 0.717) is 5.95 Å². The highest BCUT2D eigenvalue weighted by Crippen LogP contribution is 2.26. The van der Waals surface area contributed by atoms with Gasteiger partial charge in [-0.2, -0.15) is 5.10 Å². The molecule has 26 heavy (non-hydrogen) atoms. The standard InChI is InChI=1S/C21H18N4O/c1-14-12-15(2)25(24-14)21-22-19(16-6-4-3-5-7-16)13-20(23-21)17-8-10-18(26)11-9-17/h3-13,26H,1-2H3. The Bertz CT molecular complexity index is 1050. The fourth-order valence-corrected chi connectivity index (χ4v) is 2.90. The van der Waals surface area contributed by atoms with Gasteiger partial charge in [0.25, 0.3) is 5.95 Å². The van der Waals surface area contributed by atoms with Crippen molar-refractivity contribution in [2.45, 2.75) is 13.8 Å². The maximum absolute atomic E-state index is 9.56. The van der Waals surface area contributed by atoms with Crippen LogP contribution < -0.4 is 0 Å². The highest BCUT2D eigenvalue weighted by molar-refractivity contribution is 5.69. The summed E-state index contributed by atoms with van der Waals surface area (Å²) in [4.78, 5) is 9.44. The second-order valence-electron chi connectivity index (χ2n) is 6.19. The zero-order valence-electron chi connectivity index (χ0n) is 14.6. The van der Waals surface area contributed by atoms with E-state index in [1.165, 1.54) is 0 Å². The molecule has 0 amide bonds. The minimum absolute atomic E-state index is 0.227. The Labute approximate surface area is 151 Å². The number of hydrogen-bond donors (Lipinski definition) is 1. The minimum Gasteiger partial charge on any atom is -0.508 e. The lowest BCUT2D eigenvalue weighted by atomic mass is 10.1. The van der Waals surface area contributed by atoms with Gasteiger partial charge in [0, 0.05) is 16.8 Å². The Hall–Kier alpha value is -3.47. The van der Waals surface area contributed by atoms with Gasteiger partial charge >= 0.3 is 0 Å². The number of aryl methyl sites for hydroxylation is 2. The van der Waals surface area contributed by atoms with Crippen molar-refractivity contribution in [1.82, 2.24) is 19.7 Å². The van der Waals surface area contributed by atoms with Gasteiger partial charge < -0.3 is 5.11 Å². The van der Waals surface area contributed by atoms with Gasteiger partial charge in [-0.1, -0.05) is 30.3 Å². The fourth-order valence-electron chi connectivity index (χ4n) is 2.90. The molecule has 0 radical (unpaired) electrons. The van der Waals surface area contributed by atoms with Crippen LogP contribution in [0.1, 0.15) is 11.4 Å². The Morgan fingerprint density at radius 2 is 1.38 bits per heavy atom. The van der Waals surface area contributed by atoms with E-state index in [4.69, 9.17) is 9.97 Å². The SMILES string of the molecule is Cc1cc(C)n(-c2nc(-c3ccccc3)cc(-c3ccc(O)cc3)n2)n1. The molecule has 0 unspecified atom stereocenters. The molecule has 0 fully saturated rings. The minimum atomic E-state index is 0.227. The van der Waals surface area contributed by atoms with E-state index in [-0.39, 0.29) is 5.75 Å². The zero-order valence-corrected chi connectivity index (χ0v) is 14.6. The maximum Gasteiger partial charge on any atom is 0.251 e. The van der Waals surface area contributed by atoms with E-state index in [0.717, 1.165) is 33.9 Å². The third-order valence-corrected chi connectivity index (χ3v) is 4.15. The van der Waals surface area contributed by atoms with E-state index in [1.807, 2.05) is 68.4 Å². The number of hydrogen-bond acceptors (Lipinski definition) is 4. The molecule has 0 saturated heterocycles. The molecule has 2 heterocycles. The lowest BCUT2D eigenvalue weighted by Crippen LogP contribution is -2.07. The molecule has 0 aliphatic carbocycles. The summed E-state index contributed by atoms with van der Waals surface area (Å²) in [5.41, 5.74) is 5.42. The van der Waals surface area contributed by atoms with E-state index in [9.17, 15) is 5.11 Å². The molecule has 5 heteroatoms. The Morgan fingerprint density at radius 3 is 1.96 bits per heavy atom. The first-order chi connectivity index (χ1) is 12.6. The molecule has 2 aromatic carbocycles. The molecule has 1 N–H and O–H groups in total. The number of nitrogens with zero attached hydrogens (tertiary/aromatic N) is 4. The van der Waals surface area contributed by atoms with Gasteiger partial charge in [-0.05, 0) is 50.2 Å². The summed E-state index contributed by atoms with van der Waals surface area (Å²) in [5.74, 6) is 0.755. The second kappa shape index (κ2) is 6.44. The Balaban J connectivity index is 1.92. The van der Waals surface area contributed by atoms with Gasteiger partial charge in [0.2, 0.25) is 0 Å². The number of benzene rings is 2. The third-order valence-electron chi connectivity index (χ3n) is 4.15. The highest BCUT2D eigenvalue weighted by Gasteiger charge is 2.12. The average molecular weight is 342 g/mol. The summed E-state index contributed by atoms with van der Waals surface area (Å²) in [6.45, 7) is 3.93. The lowest BCUT2D eigenvalue weighted by molar-refractivity contribution is 0.475. The van der Waals surface area contributed by atoms with Crippen LogP contribution in [0.3, 0.4) is 0 Å². The molecule has 0 aliphatic heterocycles.